The highest BCUT2D eigenvalue weighted by Gasteiger charge is 2.41. The van der Waals surface area contributed by atoms with Gasteiger partial charge in [-0.25, -0.2) is 0 Å². The van der Waals surface area contributed by atoms with E-state index < -0.39 is 5.66 Å². The maximum atomic E-state index is 12.6. The first kappa shape index (κ1) is 16.2. The third kappa shape index (κ3) is 3.35. The van der Waals surface area contributed by atoms with Crippen LogP contribution in [0.3, 0.4) is 0 Å². The summed E-state index contributed by atoms with van der Waals surface area (Å²) in [5.41, 5.74) is 0.488. The van der Waals surface area contributed by atoms with Gasteiger partial charge in [0.15, 0.2) is 0 Å². The number of benzene rings is 1. The highest BCUT2D eigenvalue weighted by Crippen LogP contribution is 2.25. The van der Waals surface area contributed by atoms with Gasteiger partial charge in [-0.2, -0.15) is 0 Å². The van der Waals surface area contributed by atoms with Crippen LogP contribution in [0.15, 0.2) is 35.3 Å². The molecule has 1 atom stereocenters. The van der Waals surface area contributed by atoms with Gasteiger partial charge < -0.3 is 10.2 Å². The molecule has 22 heavy (non-hydrogen) atoms. The van der Waals surface area contributed by atoms with E-state index in [9.17, 15) is 9.59 Å². The van der Waals surface area contributed by atoms with E-state index in [2.05, 4.69) is 10.3 Å². The Morgan fingerprint density at radius 1 is 1.32 bits per heavy atom. The first-order valence-corrected chi connectivity index (χ1v) is 7.61. The normalized spacial score (nSPS) is 18.1. The van der Waals surface area contributed by atoms with Crippen molar-refractivity contribution < 1.29 is 9.59 Å². The molecule has 2 rings (SSSR count). The maximum Gasteiger partial charge on any atom is 0.275 e. The minimum Gasteiger partial charge on any atom is -0.352 e. The van der Waals surface area contributed by atoms with Gasteiger partial charge in [-0.1, -0.05) is 37.3 Å². The molecule has 0 unspecified atom stereocenters. The molecule has 0 saturated carbocycles. The summed E-state index contributed by atoms with van der Waals surface area (Å²) in [6.07, 6.45) is 0.856. The zero-order valence-corrected chi connectivity index (χ0v) is 13.6. The van der Waals surface area contributed by atoms with Gasteiger partial charge in [0.05, 0.1) is 0 Å². The first-order valence-electron chi connectivity index (χ1n) is 7.61. The Morgan fingerprint density at radius 3 is 2.55 bits per heavy atom. The van der Waals surface area contributed by atoms with E-state index in [1.165, 1.54) is 4.90 Å². The largest absolute Gasteiger partial charge is 0.352 e. The van der Waals surface area contributed by atoms with Crippen LogP contribution >= 0.6 is 0 Å². The van der Waals surface area contributed by atoms with E-state index >= 15 is 0 Å². The lowest BCUT2D eigenvalue weighted by Crippen LogP contribution is -2.49. The summed E-state index contributed by atoms with van der Waals surface area (Å²) in [5, 5.41) is 2.89. The lowest BCUT2D eigenvalue weighted by molar-refractivity contribution is -0.134. The monoisotopic (exact) mass is 301 g/mol. The van der Waals surface area contributed by atoms with Crippen LogP contribution < -0.4 is 5.32 Å². The number of hydrogen-bond acceptors (Lipinski definition) is 3. The molecule has 118 valence electrons. The molecule has 0 aliphatic carbocycles. The molecule has 1 aromatic carbocycles. The van der Waals surface area contributed by atoms with Crippen LogP contribution in [0.2, 0.25) is 0 Å². The number of carbonyl (C=O) groups is 2. The number of nitrogens with one attached hydrogen (secondary N) is 1. The van der Waals surface area contributed by atoms with E-state index in [1.807, 2.05) is 58.0 Å². The Bertz CT molecular complexity index is 593. The molecular weight excluding hydrogens is 278 g/mol. The summed E-state index contributed by atoms with van der Waals surface area (Å²) in [7, 11) is 0. The Hall–Kier alpha value is -2.17. The fraction of sp³-hybridized carbons (Fsp3) is 0.471. The molecule has 1 aliphatic rings. The van der Waals surface area contributed by atoms with Crippen molar-refractivity contribution in [1.29, 1.82) is 0 Å². The smallest absolute Gasteiger partial charge is 0.275 e. The molecule has 1 aliphatic heterocycles. The van der Waals surface area contributed by atoms with E-state index in [0.29, 0.717) is 5.71 Å². The molecule has 5 heteroatoms. The number of nitrogens with zero attached hydrogens (tertiary/aromatic N) is 2. The van der Waals surface area contributed by atoms with Gasteiger partial charge >= 0.3 is 0 Å². The second-order valence-corrected chi connectivity index (χ2v) is 6.09. The van der Waals surface area contributed by atoms with E-state index in [4.69, 9.17) is 0 Å². The van der Waals surface area contributed by atoms with Crippen LogP contribution in [0.25, 0.3) is 0 Å². The first-order chi connectivity index (χ1) is 10.3. The Kier molecular flexibility index (Phi) is 4.64. The van der Waals surface area contributed by atoms with Crippen molar-refractivity contribution in [2.75, 3.05) is 6.54 Å². The molecule has 0 spiro atoms. The highest BCUT2D eigenvalue weighted by atomic mass is 16.2. The Morgan fingerprint density at radius 2 is 1.95 bits per heavy atom. The fourth-order valence-electron chi connectivity index (χ4n) is 2.37. The predicted molar refractivity (Wildman–Crippen MR) is 86.7 cm³/mol. The summed E-state index contributed by atoms with van der Waals surface area (Å²) < 4.78 is 0. The second-order valence-electron chi connectivity index (χ2n) is 6.09. The number of amides is 2. The number of carbonyl (C=O) groups excluding carboxylic acids is 2. The number of hydrogen-bond donors (Lipinski definition) is 1. The summed E-state index contributed by atoms with van der Waals surface area (Å²) >= 11 is 0. The topological polar surface area (TPSA) is 61.8 Å². The van der Waals surface area contributed by atoms with Crippen LogP contribution in [-0.4, -0.2) is 40.7 Å². The van der Waals surface area contributed by atoms with E-state index in [0.717, 1.165) is 12.0 Å². The molecule has 0 radical (unpaired) electrons. The molecule has 5 nitrogen and oxygen atoms in total. The molecule has 1 N–H and O–H groups in total. The van der Waals surface area contributed by atoms with Crippen LogP contribution in [0, 0.1) is 0 Å². The lowest BCUT2D eigenvalue weighted by Gasteiger charge is -2.29. The Labute approximate surface area is 131 Å². The summed E-state index contributed by atoms with van der Waals surface area (Å²) in [4.78, 5) is 30.8. The zero-order chi connectivity index (χ0) is 16.3. The number of aliphatic imine (C=N–C) groups is 1. The molecule has 1 aromatic rings. The van der Waals surface area contributed by atoms with Crippen molar-refractivity contribution in [2.45, 2.75) is 45.8 Å². The van der Waals surface area contributed by atoms with Gasteiger partial charge in [-0.05, 0) is 27.2 Å². The van der Waals surface area contributed by atoms with Crippen molar-refractivity contribution >= 4 is 17.5 Å². The maximum absolute atomic E-state index is 12.6. The molecule has 0 fully saturated rings. The van der Waals surface area contributed by atoms with E-state index in [1.54, 1.807) is 0 Å². The molecule has 0 saturated heterocycles. The van der Waals surface area contributed by atoms with Gasteiger partial charge in [0.25, 0.3) is 5.91 Å². The van der Waals surface area contributed by atoms with Crippen LogP contribution in [-0.2, 0) is 9.59 Å². The molecule has 0 bridgehead atoms. The average molecular weight is 301 g/mol. The van der Waals surface area contributed by atoms with Crippen molar-refractivity contribution in [2.24, 2.45) is 4.99 Å². The van der Waals surface area contributed by atoms with Gasteiger partial charge in [-0.15, -0.1) is 0 Å². The van der Waals surface area contributed by atoms with Gasteiger partial charge in [0.2, 0.25) is 5.91 Å². The van der Waals surface area contributed by atoms with Crippen LogP contribution in [0.1, 0.15) is 39.7 Å². The van der Waals surface area contributed by atoms with Crippen LogP contribution in [0.5, 0.6) is 0 Å². The summed E-state index contributed by atoms with van der Waals surface area (Å²) in [6, 6.07) is 9.45. The SMILES string of the molecule is CC[C@@H](C)NC(=O)CN1C(=O)C(c2ccccc2)=NC1(C)C. The van der Waals surface area contributed by atoms with Gasteiger partial charge in [0, 0.05) is 11.6 Å². The van der Waals surface area contributed by atoms with Crippen molar-refractivity contribution in [3.63, 3.8) is 0 Å². The molecule has 1 heterocycles. The van der Waals surface area contributed by atoms with Gasteiger partial charge in [-0.3, -0.25) is 14.6 Å². The summed E-state index contributed by atoms with van der Waals surface area (Å²) in [5.74, 6) is -0.351. The third-order valence-electron chi connectivity index (χ3n) is 3.86. The minimum atomic E-state index is -0.713. The minimum absolute atomic E-state index is 0.0238. The standard InChI is InChI=1S/C17H23N3O2/c1-5-12(2)18-14(21)11-20-16(22)15(19-17(20,3)4)13-9-7-6-8-10-13/h6-10,12H,5,11H2,1-4H3,(H,18,21)/t12-/m1/s1. The number of rotatable bonds is 5. The molecule has 0 aromatic heterocycles. The van der Waals surface area contributed by atoms with Crippen molar-refractivity contribution in [1.82, 2.24) is 10.2 Å². The van der Waals surface area contributed by atoms with Crippen molar-refractivity contribution in [3.05, 3.63) is 35.9 Å². The van der Waals surface area contributed by atoms with Gasteiger partial charge in [0.1, 0.15) is 17.9 Å². The highest BCUT2D eigenvalue weighted by molar-refractivity contribution is 6.46. The molecular formula is C17H23N3O2. The van der Waals surface area contributed by atoms with Crippen molar-refractivity contribution in [3.8, 4) is 0 Å². The summed E-state index contributed by atoms with van der Waals surface area (Å²) in [6.45, 7) is 7.66. The zero-order valence-electron chi connectivity index (χ0n) is 13.6. The quantitative estimate of drug-likeness (QED) is 0.904. The third-order valence-corrected chi connectivity index (χ3v) is 3.86. The second kappa shape index (κ2) is 6.30. The predicted octanol–water partition coefficient (Wildman–Crippen LogP) is 1.97. The Balaban J connectivity index is 2.15. The van der Waals surface area contributed by atoms with E-state index in [-0.39, 0.29) is 24.4 Å². The fourth-order valence-corrected chi connectivity index (χ4v) is 2.37. The van der Waals surface area contributed by atoms with Crippen LogP contribution in [0.4, 0.5) is 0 Å². The lowest BCUT2D eigenvalue weighted by atomic mass is 10.1. The molecule has 2 amide bonds. The average Bonchev–Trinajstić information content (AvgIpc) is 2.71.